The fourth-order valence-corrected chi connectivity index (χ4v) is 2.73. The molecular formula is C21H21F2N5O4. The quantitative estimate of drug-likeness (QED) is 0.561. The zero-order valence-electron chi connectivity index (χ0n) is 17.6. The summed E-state index contributed by atoms with van der Waals surface area (Å²) in [5, 5.41) is 8.97. The number of nitrogens with zero attached hydrogens (tertiary/aromatic N) is 3. The van der Waals surface area contributed by atoms with Crippen LogP contribution >= 0.6 is 0 Å². The van der Waals surface area contributed by atoms with E-state index in [0.717, 1.165) is 12.1 Å². The Hall–Kier alpha value is -3.89. The highest BCUT2D eigenvalue weighted by molar-refractivity contribution is 5.99. The molecule has 0 bridgehead atoms. The van der Waals surface area contributed by atoms with Gasteiger partial charge in [-0.15, -0.1) is 0 Å². The molecule has 0 aliphatic heterocycles. The van der Waals surface area contributed by atoms with Crippen LogP contribution < -0.4 is 10.6 Å². The Bertz CT molecular complexity index is 1190. The summed E-state index contributed by atoms with van der Waals surface area (Å²) in [6, 6.07) is 5.98. The number of nitrogens with one attached hydrogen (secondary N) is 2. The third kappa shape index (κ3) is 5.62. The highest BCUT2D eigenvalue weighted by Gasteiger charge is 2.20. The molecule has 0 radical (unpaired) electrons. The summed E-state index contributed by atoms with van der Waals surface area (Å²) in [6.45, 7) is 4.65. The number of hydrogen-bond acceptors (Lipinski definition) is 6. The second-order valence-electron chi connectivity index (χ2n) is 7.83. The van der Waals surface area contributed by atoms with Gasteiger partial charge in [0.05, 0.1) is 6.20 Å². The number of amides is 2. The molecule has 0 spiro atoms. The zero-order valence-corrected chi connectivity index (χ0v) is 17.6. The summed E-state index contributed by atoms with van der Waals surface area (Å²) in [5.41, 5.74) is -0.248. The number of halogens is 2. The Balaban J connectivity index is 1.74. The maximum absolute atomic E-state index is 13.3. The predicted octanol–water partition coefficient (Wildman–Crippen LogP) is 2.01. The van der Waals surface area contributed by atoms with Crippen LogP contribution in [0.4, 0.5) is 8.78 Å². The van der Waals surface area contributed by atoms with Crippen LogP contribution in [0.5, 0.6) is 0 Å². The molecule has 2 aromatic heterocycles. The molecule has 9 nitrogen and oxygen atoms in total. The van der Waals surface area contributed by atoms with Crippen LogP contribution in [0.1, 0.15) is 47.3 Å². The summed E-state index contributed by atoms with van der Waals surface area (Å²) >= 11 is 0. The van der Waals surface area contributed by atoms with Crippen molar-refractivity contribution in [3.63, 3.8) is 0 Å². The molecule has 0 aliphatic rings. The van der Waals surface area contributed by atoms with Crippen molar-refractivity contribution in [2.75, 3.05) is 6.54 Å². The molecule has 3 rings (SSSR count). The molecule has 3 aromatic rings. The van der Waals surface area contributed by atoms with Gasteiger partial charge in [-0.3, -0.25) is 14.4 Å². The average Bonchev–Trinajstić information content (AvgIpc) is 3.19. The lowest BCUT2D eigenvalue weighted by atomic mass is 10.2. The minimum Gasteiger partial charge on any atom is -0.459 e. The van der Waals surface area contributed by atoms with Crippen molar-refractivity contribution in [3.8, 4) is 0 Å². The zero-order chi connectivity index (χ0) is 23.5. The van der Waals surface area contributed by atoms with E-state index in [1.165, 1.54) is 28.9 Å². The third-order valence-electron chi connectivity index (χ3n) is 4.08. The fraction of sp³-hybridized carbons (Fsp3) is 0.286. The van der Waals surface area contributed by atoms with E-state index in [0.29, 0.717) is 5.56 Å². The maximum Gasteiger partial charge on any atom is 0.325 e. The highest BCUT2D eigenvalue weighted by atomic mass is 19.2. The summed E-state index contributed by atoms with van der Waals surface area (Å²) in [4.78, 5) is 41.2. The number of ether oxygens (including phenoxy) is 1. The number of aromatic nitrogens is 3. The van der Waals surface area contributed by atoms with Gasteiger partial charge in [-0.1, -0.05) is 6.07 Å². The molecule has 0 aliphatic carbocycles. The van der Waals surface area contributed by atoms with E-state index < -0.39 is 35.0 Å². The van der Waals surface area contributed by atoms with E-state index in [4.69, 9.17) is 4.74 Å². The van der Waals surface area contributed by atoms with E-state index in [1.54, 1.807) is 20.8 Å². The van der Waals surface area contributed by atoms with E-state index in [1.807, 2.05) is 0 Å². The number of benzene rings is 1. The summed E-state index contributed by atoms with van der Waals surface area (Å²) in [7, 11) is 0. The number of carbonyl (C=O) groups excluding carboxylic acids is 3. The number of fused-ring (bicyclic) bond motifs is 1. The number of hydrogen-bond donors (Lipinski definition) is 2. The first-order chi connectivity index (χ1) is 15.0. The van der Waals surface area contributed by atoms with Gasteiger partial charge in [0.25, 0.3) is 11.8 Å². The lowest BCUT2D eigenvalue weighted by Gasteiger charge is -2.19. The Morgan fingerprint density at radius 2 is 1.78 bits per heavy atom. The first-order valence-electron chi connectivity index (χ1n) is 9.60. The molecule has 11 heteroatoms. The van der Waals surface area contributed by atoms with E-state index in [2.05, 4.69) is 20.7 Å². The smallest absolute Gasteiger partial charge is 0.325 e. The van der Waals surface area contributed by atoms with Gasteiger partial charge < -0.3 is 15.4 Å². The lowest BCUT2D eigenvalue weighted by molar-refractivity contribution is -0.153. The number of rotatable bonds is 6. The van der Waals surface area contributed by atoms with Crippen molar-refractivity contribution in [1.82, 2.24) is 25.2 Å². The first-order valence-corrected chi connectivity index (χ1v) is 9.60. The molecular weight excluding hydrogens is 424 g/mol. The molecule has 0 saturated carbocycles. The van der Waals surface area contributed by atoms with E-state index in [-0.39, 0.29) is 30.1 Å². The highest BCUT2D eigenvalue weighted by Crippen LogP contribution is 2.11. The van der Waals surface area contributed by atoms with Crippen molar-refractivity contribution >= 4 is 23.4 Å². The topological polar surface area (TPSA) is 115 Å². The SMILES string of the molecule is CC(C)(C)OC(=O)CNC(=O)c1cc(C(=O)NCc2ccc(F)c(F)c2)nc2ccnn12. The Kier molecular flexibility index (Phi) is 6.47. The van der Waals surface area contributed by atoms with Gasteiger partial charge in [-0.25, -0.2) is 18.3 Å². The molecule has 0 fully saturated rings. The van der Waals surface area contributed by atoms with Gasteiger partial charge in [-0.2, -0.15) is 5.10 Å². The van der Waals surface area contributed by atoms with Crippen LogP contribution in [0, 0.1) is 11.6 Å². The molecule has 2 heterocycles. The van der Waals surface area contributed by atoms with Crippen molar-refractivity contribution < 1.29 is 27.9 Å². The Morgan fingerprint density at radius 1 is 1.03 bits per heavy atom. The second kappa shape index (κ2) is 9.08. The fourth-order valence-electron chi connectivity index (χ4n) is 2.73. The molecule has 32 heavy (non-hydrogen) atoms. The predicted molar refractivity (Wildman–Crippen MR) is 109 cm³/mol. The van der Waals surface area contributed by atoms with E-state index >= 15 is 0 Å². The van der Waals surface area contributed by atoms with Gasteiger partial charge in [0.1, 0.15) is 23.5 Å². The Morgan fingerprint density at radius 3 is 2.47 bits per heavy atom. The van der Waals surface area contributed by atoms with Crippen LogP contribution in [0.2, 0.25) is 0 Å². The molecule has 1 aromatic carbocycles. The summed E-state index contributed by atoms with van der Waals surface area (Å²) < 4.78 is 32.8. The van der Waals surface area contributed by atoms with Gasteiger partial charge in [-0.05, 0) is 38.5 Å². The summed E-state index contributed by atoms with van der Waals surface area (Å²) in [6.07, 6.45) is 1.40. The monoisotopic (exact) mass is 445 g/mol. The van der Waals surface area contributed by atoms with Gasteiger partial charge in [0.2, 0.25) is 0 Å². The van der Waals surface area contributed by atoms with Crippen LogP contribution in [-0.2, 0) is 16.1 Å². The lowest BCUT2D eigenvalue weighted by Crippen LogP contribution is -2.35. The van der Waals surface area contributed by atoms with Gasteiger partial charge in [0.15, 0.2) is 17.3 Å². The van der Waals surface area contributed by atoms with Gasteiger partial charge in [0, 0.05) is 18.7 Å². The average molecular weight is 445 g/mol. The maximum atomic E-state index is 13.3. The van der Waals surface area contributed by atoms with E-state index in [9.17, 15) is 23.2 Å². The van der Waals surface area contributed by atoms with Crippen molar-refractivity contribution in [2.24, 2.45) is 0 Å². The van der Waals surface area contributed by atoms with Gasteiger partial charge >= 0.3 is 5.97 Å². The standard InChI is InChI=1S/C21H21F2N5O4/c1-21(2,3)32-18(29)11-25-20(31)16-9-15(27-17-6-7-26-28(16)17)19(30)24-10-12-4-5-13(22)14(23)8-12/h4-9H,10-11H2,1-3H3,(H,24,30)(H,25,31). The van der Waals surface area contributed by atoms with Crippen LogP contribution in [0.3, 0.4) is 0 Å². The van der Waals surface area contributed by atoms with Crippen molar-refractivity contribution in [3.05, 3.63) is 65.1 Å². The number of esters is 1. The molecule has 2 N–H and O–H groups in total. The molecule has 0 saturated heterocycles. The largest absolute Gasteiger partial charge is 0.459 e. The van der Waals surface area contributed by atoms with Crippen molar-refractivity contribution in [1.29, 1.82) is 0 Å². The first kappa shape index (κ1) is 22.8. The molecule has 0 atom stereocenters. The third-order valence-corrected chi connectivity index (χ3v) is 4.08. The summed E-state index contributed by atoms with van der Waals surface area (Å²) in [5.74, 6) is -3.95. The normalized spacial score (nSPS) is 11.3. The van der Waals surface area contributed by atoms with Crippen LogP contribution in [-0.4, -0.2) is 44.5 Å². The molecule has 168 valence electrons. The van der Waals surface area contributed by atoms with Crippen LogP contribution in [0.15, 0.2) is 36.5 Å². The number of carbonyl (C=O) groups is 3. The minimum absolute atomic E-state index is 0.0264. The van der Waals surface area contributed by atoms with Crippen molar-refractivity contribution in [2.45, 2.75) is 32.9 Å². The molecule has 2 amide bonds. The second-order valence-corrected chi connectivity index (χ2v) is 7.83. The van der Waals surface area contributed by atoms with Crippen LogP contribution in [0.25, 0.3) is 5.65 Å². The Labute approximate surface area is 181 Å². The molecule has 0 unspecified atom stereocenters. The minimum atomic E-state index is -1.03.